The van der Waals surface area contributed by atoms with Gasteiger partial charge in [0, 0.05) is 46.8 Å². The first-order valence-corrected chi connectivity index (χ1v) is 6.58. The third-order valence-electron chi connectivity index (χ3n) is 3.09. The molecule has 0 radical (unpaired) electrons. The van der Waals surface area contributed by atoms with E-state index in [1.54, 1.807) is 0 Å². The molecular formula is C13H28N4. The summed E-state index contributed by atoms with van der Waals surface area (Å²) in [6.45, 7) is 6.52. The Morgan fingerprint density at radius 2 is 1.65 bits per heavy atom. The molecule has 0 spiro atoms. The Kier molecular flexibility index (Phi) is 5.25. The third-order valence-corrected chi connectivity index (χ3v) is 3.09. The second-order valence-electron chi connectivity index (χ2n) is 5.53. The van der Waals surface area contributed by atoms with Crippen LogP contribution in [-0.4, -0.2) is 74.0 Å². The van der Waals surface area contributed by atoms with Crippen LogP contribution in [0, 0.1) is 0 Å². The van der Waals surface area contributed by atoms with E-state index in [1.807, 2.05) is 28.2 Å². The lowest BCUT2D eigenvalue weighted by Crippen LogP contribution is -2.38. The van der Waals surface area contributed by atoms with E-state index in [-0.39, 0.29) is 0 Å². The molecule has 0 bridgehead atoms. The van der Waals surface area contributed by atoms with Crippen molar-refractivity contribution in [2.24, 2.45) is 4.99 Å². The molecule has 4 heteroatoms. The lowest BCUT2D eigenvalue weighted by atomic mass is 10.3. The maximum Gasteiger partial charge on any atom is 0.195 e. The molecule has 100 valence electrons. The molecule has 0 saturated heterocycles. The lowest BCUT2D eigenvalue weighted by Gasteiger charge is -2.27. The molecule has 17 heavy (non-hydrogen) atoms. The largest absolute Gasteiger partial charge is 0.349 e. The molecule has 0 aromatic carbocycles. The first kappa shape index (κ1) is 14.3. The van der Waals surface area contributed by atoms with Crippen molar-refractivity contribution in [2.45, 2.75) is 38.8 Å². The third kappa shape index (κ3) is 4.54. The molecule has 0 aromatic heterocycles. The van der Waals surface area contributed by atoms with E-state index < -0.39 is 0 Å². The van der Waals surface area contributed by atoms with Crippen molar-refractivity contribution in [3.05, 3.63) is 0 Å². The predicted octanol–water partition coefficient (Wildman–Crippen LogP) is 1.34. The summed E-state index contributed by atoms with van der Waals surface area (Å²) in [6, 6.07) is 1.47. The molecule has 0 N–H and O–H groups in total. The minimum Gasteiger partial charge on any atom is -0.349 e. The van der Waals surface area contributed by atoms with Crippen molar-refractivity contribution in [3.63, 3.8) is 0 Å². The smallest absolute Gasteiger partial charge is 0.195 e. The molecule has 0 amide bonds. The number of hydrogen-bond donors (Lipinski definition) is 0. The van der Waals surface area contributed by atoms with E-state index in [0.717, 1.165) is 25.1 Å². The molecule has 1 saturated carbocycles. The summed E-state index contributed by atoms with van der Waals surface area (Å²) in [5.74, 6) is 1.05. The summed E-state index contributed by atoms with van der Waals surface area (Å²) in [5, 5.41) is 0. The van der Waals surface area contributed by atoms with E-state index >= 15 is 0 Å². The molecule has 0 unspecified atom stereocenters. The van der Waals surface area contributed by atoms with Crippen LogP contribution >= 0.6 is 0 Å². The fourth-order valence-corrected chi connectivity index (χ4v) is 2.22. The Balaban J connectivity index is 2.45. The lowest BCUT2D eigenvalue weighted by molar-refractivity contribution is 0.217. The van der Waals surface area contributed by atoms with Gasteiger partial charge in [0.05, 0.1) is 6.54 Å². The van der Waals surface area contributed by atoms with Crippen LogP contribution < -0.4 is 0 Å². The molecule has 0 atom stereocenters. The van der Waals surface area contributed by atoms with Gasteiger partial charge in [-0.05, 0) is 26.7 Å². The zero-order valence-electron chi connectivity index (χ0n) is 12.3. The van der Waals surface area contributed by atoms with Crippen molar-refractivity contribution in [3.8, 4) is 0 Å². The van der Waals surface area contributed by atoms with E-state index in [0.29, 0.717) is 6.04 Å². The van der Waals surface area contributed by atoms with Gasteiger partial charge in [0.25, 0.3) is 0 Å². The zero-order chi connectivity index (χ0) is 13.0. The van der Waals surface area contributed by atoms with Crippen molar-refractivity contribution in [1.82, 2.24) is 14.7 Å². The van der Waals surface area contributed by atoms with Gasteiger partial charge in [0.15, 0.2) is 5.96 Å². The second-order valence-corrected chi connectivity index (χ2v) is 5.53. The van der Waals surface area contributed by atoms with Crippen LogP contribution in [0.3, 0.4) is 0 Å². The number of rotatable bonds is 5. The maximum absolute atomic E-state index is 4.68. The van der Waals surface area contributed by atoms with Crippen LogP contribution in [0.1, 0.15) is 26.7 Å². The van der Waals surface area contributed by atoms with Crippen LogP contribution in [0.4, 0.5) is 0 Å². The van der Waals surface area contributed by atoms with Crippen LogP contribution in [0.2, 0.25) is 0 Å². The minimum atomic E-state index is 0.639. The fraction of sp³-hybridized carbons (Fsp3) is 0.923. The molecule has 1 aliphatic carbocycles. The van der Waals surface area contributed by atoms with Crippen LogP contribution in [-0.2, 0) is 0 Å². The number of hydrogen-bond acceptors (Lipinski definition) is 2. The van der Waals surface area contributed by atoms with Gasteiger partial charge in [-0.15, -0.1) is 0 Å². The molecule has 0 heterocycles. The highest BCUT2D eigenvalue weighted by Gasteiger charge is 2.30. The molecule has 1 rings (SSSR count). The van der Waals surface area contributed by atoms with Gasteiger partial charge >= 0.3 is 0 Å². The Bertz CT molecular complexity index is 242. The molecule has 4 nitrogen and oxygen atoms in total. The monoisotopic (exact) mass is 240 g/mol. The standard InChI is InChI=1S/C13H28N4/c1-11(2)17(12-7-8-12)10-9-14-13(15(3)4)16(5)6/h11-12H,7-10H2,1-6H3. The zero-order valence-corrected chi connectivity index (χ0v) is 12.3. The summed E-state index contributed by atoms with van der Waals surface area (Å²) in [4.78, 5) is 11.4. The van der Waals surface area contributed by atoms with E-state index in [2.05, 4.69) is 33.5 Å². The Morgan fingerprint density at radius 3 is 2.00 bits per heavy atom. The highest BCUT2D eigenvalue weighted by molar-refractivity contribution is 5.79. The molecule has 0 aliphatic heterocycles. The summed E-state index contributed by atoms with van der Waals surface area (Å²) in [5.41, 5.74) is 0. The summed E-state index contributed by atoms with van der Waals surface area (Å²) >= 11 is 0. The average Bonchev–Trinajstić information content (AvgIpc) is 2.99. The van der Waals surface area contributed by atoms with Gasteiger partial charge in [-0.25, -0.2) is 0 Å². The minimum absolute atomic E-state index is 0.639. The van der Waals surface area contributed by atoms with Crippen LogP contribution in [0.15, 0.2) is 4.99 Å². The van der Waals surface area contributed by atoms with E-state index in [4.69, 9.17) is 0 Å². The van der Waals surface area contributed by atoms with Gasteiger partial charge in [0.2, 0.25) is 0 Å². The van der Waals surface area contributed by atoms with Crippen molar-refractivity contribution in [1.29, 1.82) is 0 Å². The molecule has 0 aromatic rings. The Morgan fingerprint density at radius 1 is 1.12 bits per heavy atom. The van der Waals surface area contributed by atoms with Crippen LogP contribution in [0.5, 0.6) is 0 Å². The first-order valence-electron chi connectivity index (χ1n) is 6.58. The predicted molar refractivity (Wildman–Crippen MR) is 74.5 cm³/mol. The summed E-state index contributed by atoms with van der Waals surface area (Å²) in [7, 11) is 8.17. The normalized spacial score (nSPS) is 15.3. The molecule has 1 aliphatic rings. The van der Waals surface area contributed by atoms with Gasteiger partial charge in [-0.2, -0.15) is 0 Å². The molecular weight excluding hydrogens is 212 g/mol. The van der Waals surface area contributed by atoms with Crippen molar-refractivity contribution >= 4 is 5.96 Å². The SMILES string of the molecule is CC(C)N(CCN=C(N(C)C)N(C)C)C1CC1. The topological polar surface area (TPSA) is 22.1 Å². The van der Waals surface area contributed by atoms with Gasteiger partial charge in [0.1, 0.15) is 0 Å². The van der Waals surface area contributed by atoms with Crippen LogP contribution in [0.25, 0.3) is 0 Å². The van der Waals surface area contributed by atoms with Gasteiger partial charge in [-0.1, -0.05) is 0 Å². The highest BCUT2D eigenvalue weighted by atomic mass is 15.3. The van der Waals surface area contributed by atoms with Gasteiger partial charge in [-0.3, -0.25) is 9.89 Å². The molecule has 1 fully saturated rings. The number of aliphatic imine (C=N–C) groups is 1. The first-order chi connectivity index (χ1) is 7.93. The second kappa shape index (κ2) is 6.24. The van der Waals surface area contributed by atoms with Crippen molar-refractivity contribution < 1.29 is 0 Å². The maximum atomic E-state index is 4.68. The number of nitrogens with zero attached hydrogens (tertiary/aromatic N) is 4. The van der Waals surface area contributed by atoms with Crippen molar-refractivity contribution in [2.75, 3.05) is 41.3 Å². The Labute approximate surface area is 106 Å². The average molecular weight is 240 g/mol. The Hall–Kier alpha value is -0.770. The number of guanidine groups is 1. The fourth-order valence-electron chi connectivity index (χ4n) is 2.22. The highest BCUT2D eigenvalue weighted by Crippen LogP contribution is 2.28. The summed E-state index contributed by atoms with van der Waals surface area (Å²) < 4.78 is 0. The van der Waals surface area contributed by atoms with E-state index in [9.17, 15) is 0 Å². The van der Waals surface area contributed by atoms with E-state index in [1.165, 1.54) is 12.8 Å². The summed E-state index contributed by atoms with van der Waals surface area (Å²) in [6.07, 6.45) is 2.74. The van der Waals surface area contributed by atoms with Gasteiger partial charge < -0.3 is 9.80 Å². The quantitative estimate of drug-likeness (QED) is 0.535.